The Labute approximate surface area is 191 Å². The van der Waals surface area contributed by atoms with Crippen molar-refractivity contribution in [2.24, 2.45) is 0 Å². The van der Waals surface area contributed by atoms with Crippen molar-refractivity contribution in [3.8, 4) is 5.75 Å². The van der Waals surface area contributed by atoms with Gasteiger partial charge >= 0.3 is 6.03 Å². The molecule has 8 nitrogen and oxygen atoms in total. The fraction of sp³-hybridized carbons (Fsp3) is 0.417. The number of benzene rings is 2. The van der Waals surface area contributed by atoms with Gasteiger partial charge < -0.3 is 30.5 Å². The minimum Gasteiger partial charge on any atom is -0.487 e. The number of fused-ring (bicyclic) bond motifs is 3. The maximum absolute atomic E-state index is 13.8. The largest absolute Gasteiger partial charge is 0.487 e. The number of aliphatic hydroxyl groups is 1. The van der Waals surface area contributed by atoms with Crippen LogP contribution in [0.2, 0.25) is 0 Å². The quantitative estimate of drug-likeness (QED) is 0.510. The highest BCUT2D eigenvalue weighted by molar-refractivity contribution is 5.99. The second-order valence-corrected chi connectivity index (χ2v) is 8.27. The summed E-state index contributed by atoms with van der Waals surface area (Å²) in [4.78, 5) is 24.5. The number of aliphatic hydroxyl groups excluding tert-OH is 1. The van der Waals surface area contributed by atoms with E-state index in [0.717, 1.165) is 12.0 Å². The number of para-hydroxylation sites is 1. The molecule has 2 aliphatic rings. The van der Waals surface area contributed by atoms with Gasteiger partial charge in [-0.3, -0.25) is 4.79 Å². The molecule has 4 atom stereocenters. The number of ether oxygens (including phenoxy) is 2. The van der Waals surface area contributed by atoms with Gasteiger partial charge in [0.15, 0.2) is 0 Å². The van der Waals surface area contributed by atoms with Crippen LogP contribution in [-0.2, 0) is 9.53 Å². The molecule has 2 aliphatic heterocycles. The zero-order valence-corrected chi connectivity index (χ0v) is 18.3. The van der Waals surface area contributed by atoms with E-state index in [9.17, 15) is 19.1 Å². The third-order valence-electron chi connectivity index (χ3n) is 5.86. The third-order valence-corrected chi connectivity index (χ3v) is 5.86. The van der Waals surface area contributed by atoms with Crippen LogP contribution in [0, 0.1) is 5.82 Å². The van der Waals surface area contributed by atoms with Crippen molar-refractivity contribution in [1.29, 1.82) is 0 Å². The van der Waals surface area contributed by atoms with E-state index in [-0.39, 0.29) is 42.7 Å². The zero-order valence-electron chi connectivity index (χ0n) is 18.3. The van der Waals surface area contributed by atoms with E-state index in [4.69, 9.17) is 9.47 Å². The number of hydrogen-bond donors (Lipinski definition) is 4. The molecule has 4 N–H and O–H groups in total. The second kappa shape index (κ2) is 10.2. The van der Waals surface area contributed by atoms with Gasteiger partial charge in [0.1, 0.15) is 23.8 Å². The average Bonchev–Trinajstić information content (AvgIpc) is 3.16. The molecule has 0 spiro atoms. The van der Waals surface area contributed by atoms with Crippen LogP contribution in [0.25, 0.3) is 0 Å². The molecule has 0 saturated carbocycles. The number of urea groups is 1. The topological polar surface area (TPSA) is 109 Å². The van der Waals surface area contributed by atoms with E-state index in [0.29, 0.717) is 24.4 Å². The Morgan fingerprint density at radius 2 is 2.00 bits per heavy atom. The summed E-state index contributed by atoms with van der Waals surface area (Å²) < 4.78 is 25.8. The fourth-order valence-corrected chi connectivity index (χ4v) is 4.36. The predicted molar refractivity (Wildman–Crippen MR) is 121 cm³/mol. The fourth-order valence-electron chi connectivity index (χ4n) is 4.36. The summed E-state index contributed by atoms with van der Waals surface area (Å²) in [6, 6.07) is 10.6. The summed E-state index contributed by atoms with van der Waals surface area (Å²) in [5, 5.41) is 17.9. The maximum atomic E-state index is 13.8. The van der Waals surface area contributed by atoms with Gasteiger partial charge in [0.05, 0.1) is 24.8 Å². The summed E-state index contributed by atoms with van der Waals surface area (Å²) >= 11 is 0. The lowest BCUT2D eigenvalue weighted by molar-refractivity contribution is -0.142. The first kappa shape index (κ1) is 23.0. The molecule has 1 saturated heterocycles. The number of halogens is 1. The standard InChI is InChI=1S/C24H28FN3O5/c1-2-9-26-22(30)12-15-11-17-16-10-14(7-8-20(16)33-23(17)21(13-29)32-15)27-24(31)28-19-6-4-3-5-18(19)25/h3-8,10,15,17,21,23,29H,2,9,11-13H2,1H3,(H,26,30)(H2,27,28,31)/t15-,17-,21-,23+/m0/s1. The molecule has 4 rings (SSSR count). The van der Waals surface area contributed by atoms with Crippen molar-refractivity contribution in [3.63, 3.8) is 0 Å². The lowest BCUT2D eigenvalue weighted by Gasteiger charge is -2.37. The highest BCUT2D eigenvalue weighted by Crippen LogP contribution is 2.47. The van der Waals surface area contributed by atoms with Crippen molar-refractivity contribution in [2.45, 2.75) is 50.4 Å². The van der Waals surface area contributed by atoms with Crippen LogP contribution in [0.5, 0.6) is 5.75 Å². The molecule has 2 aromatic carbocycles. The Morgan fingerprint density at radius 3 is 2.76 bits per heavy atom. The molecule has 1 fully saturated rings. The maximum Gasteiger partial charge on any atom is 0.323 e. The zero-order chi connectivity index (χ0) is 23.4. The summed E-state index contributed by atoms with van der Waals surface area (Å²) in [5.74, 6) is -0.0464. The minimum atomic E-state index is -0.568. The summed E-state index contributed by atoms with van der Waals surface area (Å²) in [5.41, 5.74) is 1.49. The van der Waals surface area contributed by atoms with E-state index in [2.05, 4.69) is 16.0 Å². The van der Waals surface area contributed by atoms with E-state index >= 15 is 0 Å². The van der Waals surface area contributed by atoms with Gasteiger partial charge in [0.2, 0.25) is 5.91 Å². The summed E-state index contributed by atoms with van der Waals surface area (Å²) in [6.45, 7) is 2.37. The van der Waals surface area contributed by atoms with Crippen molar-refractivity contribution < 1.29 is 28.6 Å². The Hall–Kier alpha value is -3.17. The van der Waals surface area contributed by atoms with Crippen molar-refractivity contribution in [1.82, 2.24) is 5.32 Å². The van der Waals surface area contributed by atoms with E-state index < -0.39 is 18.0 Å². The van der Waals surface area contributed by atoms with Gasteiger partial charge in [-0.2, -0.15) is 0 Å². The molecule has 0 unspecified atom stereocenters. The van der Waals surface area contributed by atoms with Gasteiger partial charge in [-0.25, -0.2) is 9.18 Å². The molecule has 3 amide bonds. The van der Waals surface area contributed by atoms with Crippen LogP contribution in [0.15, 0.2) is 42.5 Å². The first-order valence-electron chi connectivity index (χ1n) is 11.1. The molecule has 0 aromatic heterocycles. The van der Waals surface area contributed by atoms with Gasteiger partial charge in [-0.15, -0.1) is 0 Å². The number of carbonyl (C=O) groups excluding carboxylic acids is 2. The van der Waals surface area contributed by atoms with Crippen LogP contribution in [0.1, 0.15) is 37.7 Å². The Balaban J connectivity index is 1.46. The van der Waals surface area contributed by atoms with Crippen molar-refractivity contribution in [3.05, 3.63) is 53.8 Å². The Morgan fingerprint density at radius 1 is 1.18 bits per heavy atom. The number of anilines is 2. The van der Waals surface area contributed by atoms with Crippen LogP contribution < -0.4 is 20.7 Å². The lowest BCUT2D eigenvalue weighted by atomic mass is 9.84. The first-order valence-corrected chi connectivity index (χ1v) is 11.1. The van der Waals surface area contributed by atoms with E-state index in [1.165, 1.54) is 12.1 Å². The molecular weight excluding hydrogens is 429 g/mol. The van der Waals surface area contributed by atoms with Crippen LogP contribution in [0.3, 0.4) is 0 Å². The number of hydrogen-bond acceptors (Lipinski definition) is 5. The Bertz CT molecular complexity index is 1020. The number of amides is 3. The van der Waals surface area contributed by atoms with Gasteiger partial charge in [0.25, 0.3) is 0 Å². The second-order valence-electron chi connectivity index (χ2n) is 8.27. The highest BCUT2D eigenvalue weighted by Gasteiger charge is 2.46. The number of rotatable bonds is 7. The minimum absolute atomic E-state index is 0.0824. The molecule has 2 aromatic rings. The third kappa shape index (κ3) is 5.26. The van der Waals surface area contributed by atoms with Crippen LogP contribution in [-0.4, -0.2) is 48.5 Å². The van der Waals surface area contributed by atoms with Crippen molar-refractivity contribution >= 4 is 23.3 Å². The van der Waals surface area contributed by atoms with E-state index in [1.54, 1.807) is 24.3 Å². The lowest BCUT2D eigenvalue weighted by Crippen LogP contribution is -2.47. The molecule has 176 valence electrons. The van der Waals surface area contributed by atoms with Crippen molar-refractivity contribution in [2.75, 3.05) is 23.8 Å². The molecular formula is C24H28FN3O5. The smallest absolute Gasteiger partial charge is 0.323 e. The van der Waals surface area contributed by atoms with Gasteiger partial charge in [0, 0.05) is 23.7 Å². The van der Waals surface area contributed by atoms with Gasteiger partial charge in [-0.1, -0.05) is 19.1 Å². The number of carbonyl (C=O) groups is 2. The summed E-state index contributed by atoms with van der Waals surface area (Å²) in [6.07, 6.45) is 0.332. The molecule has 9 heteroatoms. The summed E-state index contributed by atoms with van der Waals surface area (Å²) in [7, 11) is 0. The molecule has 0 aliphatic carbocycles. The van der Waals surface area contributed by atoms with Crippen LogP contribution >= 0.6 is 0 Å². The SMILES string of the molecule is CCCNC(=O)C[C@@H]1C[C@H]2c3cc(NC(=O)Nc4ccccc4F)ccc3O[C@H]2[C@H](CO)O1. The predicted octanol–water partition coefficient (Wildman–Crippen LogP) is 3.38. The normalized spacial score (nSPS) is 23.1. The van der Waals surface area contributed by atoms with Crippen LogP contribution in [0.4, 0.5) is 20.6 Å². The molecule has 0 radical (unpaired) electrons. The van der Waals surface area contributed by atoms with Gasteiger partial charge in [-0.05, 0) is 43.2 Å². The first-order chi connectivity index (χ1) is 16.0. The molecule has 0 bridgehead atoms. The number of nitrogens with one attached hydrogen (secondary N) is 3. The Kier molecular flexibility index (Phi) is 7.10. The van der Waals surface area contributed by atoms with E-state index in [1.807, 2.05) is 13.0 Å². The monoisotopic (exact) mass is 457 g/mol. The molecule has 2 heterocycles. The molecule has 33 heavy (non-hydrogen) atoms. The average molecular weight is 458 g/mol. The highest BCUT2D eigenvalue weighted by atomic mass is 19.1.